The highest BCUT2D eigenvalue weighted by atomic mass is 16.2. The molecule has 1 aromatic rings. The van der Waals surface area contributed by atoms with Gasteiger partial charge in [0.2, 0.25) is 11.8 Å². The van der Waals surface area contributed by atoms with Crippen molar-refractivity contribution in [1.82, 2.24) is 5.32 Å². The van der Waals surface area contributed by atoms with E-state index < -0.39 is 6.04 Å². The van der Waals surface area contributed by atoms with Gasteiger partial charge in [-0.05, 0) is 25.0 Å². The molecule has 0 radical (unpaired) electrons. The van der Waals surface area contributed by atoms with E-state index in [1.165, 1.54) is 0 Å². The molecule has 1 heterocycles. The molecule has 0 spiro atoms. The average molecular weight is 275 g/mol. The molecule has 1 fully saturated rings. The normalized spacial score (nSPS) is 18.9. The van der Waals surface area contributed by atoms with E-state index in [-0.39, 0.29) is 11.8 Å². The van der Waals surface area contributed by atoms with E-state index in [9.17, 15) is 9.59 Å². The van der Waals surface area contributed by atoms with E-state index in [1.807, 2.05) is 43.3 Å². The predicted octanol–water partition coefficient (Wildman–Crippen LogP) is 1.75. The minimum Gasteiger partial charge on any atom is -0.376 e. The topological polar surface area (TPSA) is 61.4 Å². The highest BCUT2D eigenvalue weighted by Crippen LogP contribution is 2.24. The Morgan fingerprint density at radius 1 is 1.30 bits per heavy atom. The molecule has 108 valence electrons. The van der Waals surface area contributed by atoms with Crippen molar-refractivity contribution in [1.29, 1.82) is 0 Å². The molecule has 0 saturated carbocycles. The molecular formula is C15H21N3O2. The molecule has 0 aromatic heterocycles. The summed E-state index contributed by atoms with van der Waals surface area (Å²) in [4.78, 5) is 25.8. The van der Waals surface area contributed by atoms with Crippen molar-refractivity contribution in [2.45, 2.75) is 31.7 Å². The van der Waals surface area contributed by atoms with E-state index in [0.717, 1.165) is 24.2 Å². The summed E-state index contributed by atoms with van der Waals surface area (Å²) in [6, 6.07) is 7.19. The number of rotatable bonds is 3. The van der Waals surface area contributed by atoms with Crippen molar-refractivity contribution in [2.24, 2.45) is 0 Å². The number of hydrogen-bond acceptors (Lipinski definition) is 3. The number of benzene rings is 1. The summed E-state index contributed by atoms with van der Waals surface area (Å²) < 4.78 is 0. The molecule has 2 amide bonds. The monoisotopic (exact) mass is 275 g/mol. The van der Waals surface area contributed by atoms with Gasteiger partial charge in [-0.25, -0.2) is 0 Å². The lowest BCUT2D eigenvalue weighted by Gasteiger charge is -2.20. The van der Waals surface area contributed by atoms with Gasteiger partial charge in [0.15, 0.2) is 0 Å². The minimum atomic E-state index is -0.430. The standard InChI is InChI=1S/C15H21N3O2/c1-18(2)13-9-5-3-7-11(13)17-15(20)12-8-4-6-10-14(19)16-12/h3,5,7,9,12H,4,6,8,10H2,1-2H3,(H,16,19)(H,17,20). The van der Waals surface area contributed by atoms with Crippen LogP contribution in [0.2, 0.25) is 0 Å². The van der Waals surface area contributed by atoms with Gasteiger partial charge in [0.25, 0.3) is 0 Å². The molecule has 2 N–H and O–H groups in total. The fourth-order valence-corrected chi connectivity index (χ4v) is 2.36. The Balaban J connectivity index is 2.09. The Labute approximate surface area is 119 Å². The molecule has 1 aromatic carbocycles. The summed E-state index contributed by atoms with van der Waals surface area (Å²) in [5, 5.41) is 5.70. The number of carbonyl (C=O) groups excluding carboxylic acids is 2. The van der Waals surface area contributed by atoms with E-state index in [4.69, 9.17) is 0 Å². The third kappa shape index (κ3) is 3.50. The molecule has 5 heteroatoms. The maximum atomic E-state index is 12.3. The first kappa shape index (κ1) is 14.4. The Morgan fingerprint density at radius 3 is 2.80 bits per heavy atom. The summed E-state index contributed by atoms with van der Waals surface area (Å²) in [6.07, 6.45) is 2.95. The summed E-state index contributed by atoms with van der Waals surface area (Å²) in [5.74, 6) is -0.182. The van der Waals surface area contributed by atoms with Gasteiger partial charge in [0.05, 0.1) is 11.4 Å². The highest BCUT2D eigenvalue weighted by molar-refractivity contribution is 5.99. The lowest BCUT2D eigenvalue weighted by Crippen LogP contribution is -2.42. The Kier molecular flexibility index (Phi) is 4.61. The van der Waals surface area contributed by atoms with Crippen molar-refractivity contribution >= 4 is 23.2 Å². The smallest absolute Gasteiger partial charge is 0.247 e. The number of nitrogens with zero attached hydrogens (tertiary/aromatic N) is 1. The minimum absolute atomic E-state index is 0.0384. The SMILES string of the molecule is CN(C)c1ccccc1NC(=O)C1CCCCC(=O)N1. The van der Waals surface area contributed by atoms with Crippen LogP contribution in [0.15, 0.2) is 24.3 Å². The molecule has 20 heavy (non-hydrogen) atoms. The van der Waals surface area contributed by atoms with Crippen LogP contribution in [-0.2, 0) is 9.59 Å². The molecule has 1 aliphatic heterocycles. The quantitative estimate of drug-likeness (QED) is 0.883. The Morgan fingerprint density at radius 2 is 2.05 bits per heavy atom. The maximum absolute atomic E-state index is 12.3. The first-order valence-corrected chi connectivity index (χ1v) is 6.94. The zero-order valence-corrected chi connectivity index (χ0v) is 12.0. The van der Waals surface area contributed by atoms with Crippen LogP contribution < -0.4 is 15.5 Å². The van der Waals surface area contributed by atoms with Crippen LogP contribution in [0.3, 0.4) is 0 Å². The zero-order chi connectivity index (χ0) is 14.5. The van der Waals surface area contributed by atoms with Gasteiger partial charge >= 0.3 is 0 Å². The number of nitrogens with one attached hydrogen (secondary N) is 2. The molecule has 5 nitrogen and oxygen atoms in total. The van der Waals surface area contributed by atoms with Crippen LogP contribution in [0.25, 0.3) is 0 Å². The summed E-state index contributed by atoms with van der Waals surface area (Å²) in [6.45, 7) is 0. The number of carbonyl (C=O) groups is 2. The number of hydrogen-bond donors (Lipinski definition) is 2. The first-order valence-electron chi connectivity index (χ1n) is 6.94. The average Bonchev–Trinajstić information content (AvgIpc) is 2.64. The van der Waals surface area contributed by atoms with Gasteiger partial charge in [-0.2, -0.15) is 0 Å². The third-order valence-corrected chi connectivity index (χ3v) is 3.44. The summed E-state index contributed by atoms with van der Waals surface area (Å²) >= 11 is 0. The van der Waals surface area contributed by atoms with Crippen molar-refractivity contribution < 1.29 is 9.59 Å². The van der Waals surface area contributed by atoms with Crippen LogP contribution >= 0.6 is 0 Å². The molecule has 1 atom stereocenters. The van der Waals surface area contributed by atoms with Gasteiger partial charge in [0.1, 0.15) is 6.04 Å². The molecule has 2 rings (SSSR count). The third-order valence-electron chi connectivity index (χ3n) is 3.44. The molecule has 1 saturated heterocycles. The second-order valence-electron chi connectivity index (χ2n) is 5.27. The lowest BCUT2D eigenvalue weighted by atomic mass is 10.1. The molecule has 0 bridgehead atoms. The number of anilines is 2. The van der Waals surface area contributed by atoms with E-state index in [0.29, 0.717) is 12.8 Å². The van der Waals surface area contributed by atoms with E-state index >= 15 is 0 Å². The van der Waals surface area contributed by atoms with Crippen molar-refractivity contribution in [2.75, 3.05) is 24.3 Å². The molecule has 0 aliphatic carbocycles. The van der Waals surface area contributed by atoms with Gasteiger partial charge < -0.3 is 15.5 Å². The molecule has 1 unspecified atom stereocenters. The van der Waals surface area contributed by atoms with E-state index in [1.54, 1.807) is 0 Å². The molecular weight excluding hydrogens is 254 g/mol. The summed E-state index contributed by atoms with van der Waals surface area (Å²) in [5.41, 5.74) is 1.71. The van der Waals surface area contributed by atoms with Gasteiger partial charge in [-0.3, -0.25) is 9.59 Å². The van der Waals surface area contributed by atoms with Crippen molar-refractivity contribution in [3.8, 4) is 0 Å². The summed E-state index contributed by atoms with van der Waals surface area (Å²) in [7, 11) is 3.86. The lowest BCUT2D eigenvalue weighted by molar-refractivity contribution is -0.125. The van der Waals surface area contributed by atoms with Gasteiger partial charge in [0, 0.05) is 20.5 Å². The fraction of sp³-hybridized carbons (Fsp3) is 0.467. The van der Waals surface area contributed by atoms with Crippen molar-refractivity contribution in [3.05, 3.63) is 24.3 Å². The maximum Gasteiger partial charge on any atom is 0.247 e. The Hall–Kier alpha value is -2.04. The van der Waals surface area contributed by atoms with Crippen LogP contribution in [0.1, 0.15) is 25.7 Å². The predicted molar refractivity (Wildman–Crippen MR) is 79.8 cm³/mol. The zero-order valence-electron chi connectivity index (χ0n) is 12.0. The van der Waals surface area contributed by atoms with Gasteiger partial charge in [-0.15, -0.1) is 0 Å². The van der Waals surface area contributed by atoms with Crippen LogP contribution in [-0.4, -0.2) is 32.0 Å². The fourth-order valence-electron chi connectivity index (χ4n) is 2.36. The second kappa shape index (κ2) is 6.41. The Bertz CT molecular complexity index is 500. The van der Waals surface area contributed by atoms with Gasteiger partial charge in [-0.1, -0.05) is 18.6 Å². The number of amides is 2. The van der Waals surface area contributed by atoms with Crippen LogP contribution in [0.5, 0.6) is 0 Å². The van der Waals surface area contributed by atoms with E-state index in [2.05, 4.69) is 10.6 Å². The number of para-hydroxylation sites is 2. The molecule has 1 aliphatic rings. The second-order valence-corrected chi connectivity index (χ2v) is 5.27. The first-order chi connectivity index (χ1) is 9.58. The van der Waals surface area contributed by atoms with Crippen LogP contribution in [0, 0.1) is 0 Å². The van der Waals surface area contributed by atoms with Crippen molar-refractivity contribution in [3.63, 3.8) is 0 Å². The largest absolute Gasteiger partial charge is 0.376 e. The van der Waals surface area contributed by atoms with Crippen LogP contribution in [0.4, 0.5) is 11.4 Å². The highest BCUT2D eigenvalue weighted by Gasteiger charge is 2.23.